The van der Waals surface area contributed by atoms with Crippen LogP contribution in [0.2, 0.25) is 0 Å². The molecule has 0 fully saturated rings. The SMILES string of the molecule is O=Cc1c[nH]c(C(=O)NCCCCl)c1. The lowest BCUT2D eigenvalue weighted by atomic mass is 10.3. The molecule has 0 aliphatic carbocycles. The molecule has 0 aliphatic rings. The van der Waals surface area contributed by atoms with Crippen LogP contribution in [0.4, 0.5) is 0 Å². The van der Waals surface area contributed by atoms with E-state index in [0.717, 1.165) is 6.42 Å². The average molecular weight is 215 g/mol. The number of amides is 1. The van der Waals surface area contributed by atoms with Gasteiger partial charge in [0.25, 0.3) is 5.91 Å². The predicted octanol–water partition coefficient (Wildman–Crippen LogP) is 1.19. The molecule has 1 aromatic rings. The van der Waals surface area contributed by atoms with E-state index in [-0.39, 0.29) is 5.91 Å². The quantitative estimate of drug-likeness (QED) is 0.439. The van der Waals surface area contributed by atoms with Crippen LogP contribution in [-0.2, 0) is 0 Å². The zero-order chi connectivity index (χ0) is 10.4. The van der Waals surface area contributed by atoms with E-state index in [1.54, 1.807) is 0 Å². The van der Waals surface area contributed by atoms with Crippen molar-refractivity contribution in [3.8, 4) is 0 Å². The van der Waals surface area contributed by atoms with Crippen molar-refractivity contribution in [2.45, 2.75) is 6.42 Å². The van der Waals surface area contributed by atoms with E-state index < -0.39 is 0 Å². The summed E-state index contributed by atoms with van der Waals surface area (Å²) in [6.45, 7) is 0.539. The van der Waals surface area contributed by atoms with Gasteiger partial charge in [-0.25, -0.2) is 0 Å². The number of aromatic nitrogens is 1. The number of rotatable bonds is 5. The Bertz CT molecular complexity index is 322. The van der Waals surface area contributed by atoms with Gasteiger partial charge in [0.05, 0.1) is 0 Å². The van der Waals surface area contributed by atoms with Crippen molar-refractivity contribution in [3.63, 3.8) is 0 Å². The van der Waals surface area contributed by atoms with Gasteiger partial charge in [0, 0.05) is 24.2 Å². The van der Waals surface area contributed by atoms with Crippen LogP contribution >= 0.6 is 11.6 Å². The first kappa shape index (κ1) is 10.8. The van der Waals surface area contributed by atoms with Crippen molar-refractivity contribution in [3.05, 3.63) is 23.5 Å². The maximum absolute atomic E-state index is 11.3. The zero-order valence-electron chi connectivity index (χ0n) is 7.55. The number of alkyl halides is 1. The lowest BCUT2D eigenvalue weighted by Crippen LogP contribution is -2.24. The van der Waals surface area contributed by atoms with Crippen LogP contribution in [-0.4, -0.2) is 29.6 Å². The summed E-state index contributed by atoms with van der Waals surface area (Å²) in [5.74, 6) is 0.299. The molecule has 1 amide bonds. The number of H-pyrrole nitrogens is 1. The Kier molecular flexibility index (Phi) is 4.19. The van der Waals surface area contributed by atoms with Crippen LogP contribution in [0.15, 0.2) is 12.3 Å². The van der Waals surface area contributed by atoms with Crippen molar-refractivity contribution < 1.29 is 9.59 Å². The van der Waals surface area contributed by atoms with Crippen LogP contribution in [0.3, 0.4) is 0 Å². The molecule has 0 radical (unpaired) electrons. The number of halogens is 1. The molecule has 0 bridgehead atoms. The Labute approximate surface area is 86.6 Å². The van der Waals surface area contributed by atoms with Crippen molar-refractivity contribution in [1.82, 2.24) is 10.3 Å². The maximum Gasteiger partial charge on any atom is 0.267 e. The lowest BCUT2D eigenvalue weighted by Gasteiger charge is -2.00. The van der Waals surface area contributed by atoms with E-state index in [9.17, 15) is 9.59 Å². The molecule has 1 aromatic heterocycles. The third-order valence-corrected chi connectivity index (χ3v) is 1.95. The van der Waals surface area contributed by atoms with Gasteiger partial charge in [-0.05, 0) is 12.5 Å². The van der Waals surface area contributed by atoms with Crippen molar-refractivity contribution in [1.29, 1.82) is 0 Å². The number of hydrogen-bond donors (Lipinski definition) is 2. The normalized spacial score (nSPS) is 9.79. The Morgan fingerprint density at radius 1 is 1.64 bits per heavy atom. The van der Waals surface area contributed by atoms with E-state index >= 15 is 0 Å². The molecule has 76 valence electrons. The van der Waals surface area contributed by atoms with E-state index in [1.807, 2.05) is 0 Å². The smallest absolute Gasteiger partial charge is 0.267 e. The standard InChI is InChI=1S/C9H11ClN2O2/c10-2-1-3-11-9(14)8-4-7(6-13)5-12-8/h4-6,12H,1-3H2,(H,11,14). The van der Waals surface area contributed by atoms with Crippen LogP contribution in [0.5, 0.6) is 0 Å². The highest BCUT2D eigenvalue weighted by molar-refractivity contribution is 6.17. The van der Waals surface area contributed by atoms with Gasteiger partial charge in [0.15, 0.2) is 6.29 Å². The molecule has 1 rings (SSSR count). The molecule has 0 atom stereocenters. The highest BCUT2D eigenvalue weighted by Gasteiger charge is 2.06. The molecule has 2 N–H and O–H groups in total. The molecule has 0 aromatic carbocycles. The Balaban J connectivity index is 2.47. The number of carbonyl (C=O) groups excluding carboxylic acids is 2. The summed E-state index contributed by atoms with van der Waals surface area (Å²) in [6.07, 6.45) is 2.91. The average Bonchev–Trinajstić information content (AvgIpc) is 2.66. The van der Waals surface area contributed by atoms with Crippen LogP contribution in [0, 0.1) is 0 Å². The molecule has 0 saturated carbocycles. The first-order valence-corrected chi connectivity index (χ1v) is 4.79. The van der Waals surface area contributed by atoms with E-state index in [0.29, 0.717) is 30.0 Å². The third-order valence-electron chi connectivity index (χ3n) is 1.68. The summed E-state index contributed by atoms with van der Waals surface area (Å²) in [4.78, 5) is 24.4. The fourth-order valence-corrected chi connectivity index (χ4v) is 1.11. The Hall–Kier alpha value is -1.29. The summed E-state index contributed by atoms with van der Waals surface area (Å²) in [6, 6.07) is 1.50. The van der Waals surface area contributed by atoms with Crippen LogP contribution in [0.1, 0.15) is 27.3 Å². The van der Waals surface area contributed by atoms with Crippen molar-refractivity contribution >= 4 is 23.8 Å². The monoisotopic (exact) mass is 214 g/mol. The van der Waals surface area contributed by atoms with Crippen molar-refractivity contribution in [2.24, 2.45) is 0 Å². The van der Waals surface area contributed by atoms with Crippen LogP contribution in [0.25, 0.3) is 0 Å². The van der Waals surface area contributed by atoms with E-state index in [4.69, 9.17) is 11.6 Å². The molecule has 14 heavy (non-hydrogen) atoms. The van der Waals surface area contributed by atoms with Gasteiger partial charge in [0.1, 0.15) is 5.69 Å². The predicted molar refractivity (Wildman–Crippen MR) is 53.9 cm³/mol. The third kappa shape index (κ3) is 2.88. The van der Waals surface area contributed by atoms with Gasteiger partial charge in [-0.1, -0.05) is 0 Å². The van der Waals surface area contributed by atoms with Crippen molar-refractivity contribution in [2.75, 3.05) is 12.4 Å². The number of aromatic amines is 1. The molecule has 4 nitrogen and oxygen atoms in total. The Morgan fingerprint density at radius 3 is 3.00 bits per heavy atom. The summed E-state index contributed by atoms with van der Waals surface area (Å²) in [7, 11) is 0. The van der Waals surface area contributed by atoms with Gasteiger partial charge in [-0.15, -0.1) is 11.6 Å². The van der Waals surface area contributed by atoms with Crippen LogP contribution < -0.4 is 5.32 Å². The summed E-state index contributed by atoms with van der Waals surface area (Å²) in [5.41, 5.74) is 0.856. The second-order valence-corrected chi connectivity index (χ2v) is 3.14. The summed E-state index contributed by atoms with van der Waals surface area (Å²) in [5, 5.41) is 2.67. The second-order valence-electron chi connectivity index (χ2n) is 2.76. The van der Waals surface area contributed by atoms with Gasteiger partial charge >= 0.3 is 0 Å². The molecular weight excluding hydrogens is 204 g/mol. The largest absolute Gasteiger partial charge is 0.357 e. The number of nitrogens with one attached hydrogen (secondary N) is 2. The lowest BCUT2D eigenvalue weighted by molar-refractivity contribution is 0.0949. The number of hydrogen-bond acceptors (Lipinski definition) is 2. The summed E-state index contributed by atoms with van der Waals surface area (Å²) >= 11 is 5.45. The van der Waals surface area contributed by atoms with Gasteiger partial charge < -0.3 is 10.3 Å². The minimum absolute atomic E-state index is 0.219. The fraction of sp³-hybridized carbons (Fsp3) is 0.333. The topological polar surface area (TPSA) is 62.0 Å². The second kappa shape index (κ2) is 5.44. The molecular formula is C9H11ClN2O2. The molecule has 5 heteroatoms. The summed E-state index contributed by atoms with van der Waals surface area (Å²) < 4.78 is 0. The number of carbonyl (C=O) groups is 2. The first-order chi connectivity index (χ1) is 6.77. The number of aldehydes is 1. The minimum Gasteiger partial charge on any atom is -0.357 e. The van der Waals surface area contributed by atoms with E-state index in [1.165, 1.54) is 12.3 Å². The molecule has 0 saturated heterocycles. The molecule has 1 heterocycles. The van der Waals surface area contributed by atoms with E-state index in [2.05, 4.69) is 10.3 Å². The highest BCUT2D eigenvalue weighted by atomic mass is 35.5. The molecule has 0 unspecified atom stereocenters. The van der Waals surface area contributed by atoms with Gasteiger partial charge in [0.2, 0.25) is 0 Å². The highest BCUT2D eigenvalue weighted by Crippen LogP contribution is 2.00. The zero-order valence-corrected chi connectivity index (χ0v) is 8.30. The fourth-order valence-electron chi connectivity index (χ4n) is 0.974. The molecule has 0 aliphatic heterocycles. The first-order valence-electron chi connectivity index (χ1n) is 4.25. The van der Waals surface area contributed by atoms with Gasteiger partial charge in [-0.2, -0.15) is 0 Å². The molecule has 0 spiro atoms. The minimum atomic E-state index is -0.219. The van der Waals surface area contributed by atoms with Gasteiger partial charge in [-0.3, -0.25) is 9.59 Å². The Morgan fingerprint density at radius 2 is 2.43 bits per heavy atom. The maximum atomic E-state index is 11.3.